The van der Waals surface area contributed by atoms with Crippen molar-refractivity contribution in [3.8, 4) is 11.1 Å². The number of fused-ring (bicyclic) bond motifs is 1. The zero-order valence-corrected chi connectivity index (χ0v) is 13.1. The molecule has 3 aromatic rings. The van der Waals surface area contributed by atoms with Crippen LogP contribution in [0.1, 0.15) is 11.8 Å². The summed E-state index contributed by atoms with van der Waals surface area (Å²) in [5.41, 5.74) is 1.94. The monoisotopic (exact) mass is 317 g/mol. The van der Waals surface area contributed by atoms with Crippen LogP contribution in [-0.4, -0.2) is 27.7 Å². The molecule has 114 valence electrons. The van der Waals surface area contributed by atoms with Crippen molar-refractivity contribution in [2.24, 2.45) is 0 Å². The Kier molecular flexibility index (Phi) is 4.04. The largest absolute Gasteiger partial charge is 0.392 e. The van der Waals surface area contributed by atoms with Gasteiger partial charge in [-0.1, -0.05) is 12.1 Å². The van der Waals surface area contributed by atoms with Crippen LogP contribution in [0.2, 0.25) is 0 Å². The van der Waals surface area contributed by atoms with E-state index in [-0.39, 0.29) is 5.82 Å². The summed E-state index contributed by atoms with van der Waals surface area (Å²) in [6.45, 7) is 4.14. The standard InChI is InChI=1S/C16H16FN3OS/c1-9(21)7-18-15-14-13(11-3-5-12(17)6-4-11)10(2)22-16(14)20-8-19-15/h3-6,8-9,21H,7H2,1-2H3,(H,18,19,20). The van der Waals surface area contributed by atoms with E-state index >= 15 is 0 Å². The first-order valence-corrected chi connectivity index (χ1v) is 7.80. The van der Waals surface area contributed by atoms with Gasteiger partial charge in [-0.2, -0.15) is 0 Å². The van der Waals surface area contributed by atoms with Gasteiger partial charge in [0.25, 0.3) is 0 Å². The van der Waals surface area contributed by atoms with Crippen molar-refractivity contribution in [2.75, 3.05) is 11.9 Å². The van der Waals surface area contributed by atoms with Gasteiger partial charge < -0.3 is 10.4 Å². The van der Waals surface area contributed by atoms with Crippen LogP contribution in [0, 0.1) is 12.7 Å². The van der Waals surface area contributed by atoms with Gasteiger partial charge in [-0.05, 0) is 31.5 Å². The summed E-state index contributed by atoms with van der Waals surface area (Å²) in [6, 6.07) is 6.42. The Hall–Kier alpha value is -2.05. The lowest BCUT2D eigenvalue weighted by Crippen LogP contribution is -2.16. The lowest BCUT2D eigenvalue weighted by atomic mass is 10.0. The number of nitrogens with zero attached hydrogens (tertiary/aromatic N) is 2. The number of benzene rings is 1. The lowest BCUT2D eigenvalue weighted by molar-refractivity contribution is 0.208. The van der Waals surface area contributed by atoms with E-state index in [4.69, 9.17) is 0 Å². The van der Waals surface area contributed by atoms with Crippen LogP contribution < -0.4 is 5.32 Å². The number of hydrogen-bond acceptors (Lipinski definition) is 5. The van der Waals surface area contributed by atoms with Crippen molar-refractivity contribution in [1.82, 2.24) is 9.97 Å². The van der Waals surface area contributed by atoms with Crippen LogP contribution in [-0.2, 0) is 0 Å². The summed E-state index contributed by atoms with van der Waals surface area (Å²) in [7, 11) is 0. The van der Waals surface area contributed by atoms with Crippen LogP contribution in [0.4, 0.5) is 10.2 Å². The normalized spacial score (nSPS) is 12.5. The SMILES string of the molecule is Cc1sc2ncnc(NCC(C)O)c2c1-c1ccc(F)cc1. The van der Waals surface area contributed by atoms with Crippen molar-refractivity contribution in [3.05, 3.63) is 41.3 Å². The maximum Gasteiger partial charge on any atom is 0.138 e. The van der Waals surface area contributed by atoms with Crippen molar-refractivity contribution in [2.45, 2.75) is 20.0 Å². The highest BCUT2D eigenvalue weighted by Gasteiger charge is 2.16. The average Bonchev–Trinajstić information content (AvgIpc) is 2.82. The van der Waals surface area contributed by atoms with Crippen LogP contribution in [0.15, 0.2) is 30.6 Å². The van der Waals surface area contributed by atoms with E-state index in [2.05, 4.69) is 15.3 Å². The summed E-state index contributed by atoms with van der Waals surface area (Å²) in [6.07, 6.45) is 1.04. The molecule has 2 N–H and O–H groups in total. The first kappa shape index (κ1) is 14.9. The van der Waals surface area contributed by atoms with E-state index in [0.29, 0.717) is 12.4 Å². The lowest BCUT2D eigenvalue weighted by Gasteiger charge is -2.10. The van der Waals surface area contributed by atoms with E-state index in [1.165, 1.54) is 18.5 Å². The zero-order chi connectivity index (χ0) is 15.7. The number of aliphatic hydroxyl groups excluding tert-OH is 1. The Morgan fingerprint density at radius 1 is 1.27 bits per heavy atom. The second kappa shape index (κ2) is 5.98. The van der Waals surface area contributed by atoms with Crippen LogP contribution in [0.3, 0.4) is 0 Å². The molecule has 1 atom stereocenters. The third-order valence-corrected chi connectivity index (χ3v) is 4.38. The van der Waals surface area contributed by atoms with Crippen molar-refractivity contribution >= 4 is 27.4 Å². The Morgan fingerprint density at radius 3 is 2.68 bits per heavy atom. The van der Waals surface area contributed by atoms with Crippen molar-refractivity contribution in [1.29, 1.82) is 0 Å². The summed E-state index contributed by atoms with van der Waals surface area (Å²) in [4.78, 5) is 10.6. The van der Waals surface area contributed by atoms with E-state index in [1.54, 1.807) is 30.4 Å². The summed E-state index contributed by atoms with van der Waals surface area (Å²) < 4.78 is 13.2. The fraction of sp³-hybridized carbons (Fsp3) is 0.250. The van der Waals surface area contributed by atoms with E-state index in [9.17, 15) is 9.50 Å². The summed E-state index contributed by atoms with van der Waals surface area (Å²) >= 11 is 1.58. The third kappa shape index (κ3) is 2.80. The molecule has 0 radical (unpaired) electrons. The molecule has 0 aliphatic rings. The van der Waals surface area contributed by atoms with Gasteiger partial charge in [0.2, 0.25) is 0 Å². The molecule has 22 heavy (non-hydrogen) atoms. The molecule has 1 aromatic carbocycles. The number of aliphatic hydroxyl groups is 1. The maximum absolute atomic E-state index is 13.2. The molecule has 1 unspecified atom stereocenters. The fourth-order valence-corrected chi connectivity index (χ4v) is 3.40. The highest BCUT2D eigenvalue weighted by atomic mass is 32.1. The third-order valence-electron chi connectivity index (χ3n) is 3.36. The van der Waals surface area contributed by atoms with Crippen molar-refractivity contribution < 1.29 is 9.50 Å². The molecule has 0 aliphatic heterocycles. The first-order valence-electron chi connectivity index (χ1n) is 6.98. The topological polar surface area (TPSA) is 58.0 Å². The molecular weight excluding hydrogens is 301 g/mol. The van der Waals surface area contributed by atoms with Gasteiger partial charge in [0, 0.05) is 17.0 Å². The van der Waals surface area contributed by atoms with Gasteiger partial charge in [0.1, 0.15) is 22.8 Å². The Balaban J connectivity index is 2.16. The minimum absolute atomic E-state index is 0.260. The second-order valence-corrected chi connectivity index (χ2v) is 6.38. The van der Waals surface area contributed by atoms with Crippen LogP contribution >= 0.6 is 11.3 Å². The summed E-state index contributed by atoms with van der Waals surface area (Å²) in [5.74, 6) is 0.430. The maximum atomic E-state index is 13.2. The van der Waals surface area contributed by atoms with Crippen LogP contribution in [0.25, 0.3) is 21.3 Å². The number of aromatic nitrogens is 2. The van der Waals surface area contributed by atoms with E-state index in [1.807, 2.05) is 6.92 Å². The summed E-state index contributed by atoms with van der Waals surface area (Å²) in [5, 5.41) is 13.5. The molecule has 4 nitrogen and oxygen atoms in total. The quantitative estimate of drug-likeness (QED) is 0.772. The van der Waals surface area contributed by atoms with E-state index in [0.717, 1.165) is 26.2 Å². The first-order chi connectivity index (χ1) is 10.6. The second-order valence-electron chi connectivity index (χ2n) is 5.17. The van der Waals surface area contributed by atoms with Gasteiger partial charge in [-0.15, -0.1) is 11.3 Å². The van der Waals surface area contributed by atoms with Gasteiger partial charge in [0.05, 0.1) is 11.5 Å². The molecule has 0 spiro atoms. The number of anilines is 1. The Morgan fingerprint density at radius 2 is 2.00 bits per heavy atom. The molecule has 2 aromatic heterocycles. The van der Waals surface area contributed by atoms with Gasteiger partial charge >= 0.3 is 0 Å². The molecule has 0 bridgehead atoms. The molecule has 6 heteroatoms. The Bertz CT molecular complexity index is 799. The molecule has 0 saturated carbocycles. The fourth-order valence-electron chi connectivity index (χ4n) is 2.39. The van der Waals surface area contributed by atoms with Gasteiger partial charge in [-0.25, -0.2) is 14.4 Å². The predicted molar refractivity (Wildman–Crippen MR) is 87.7 cm³/mol. The van der Waals surface area contributed by atoms with Crippen LogP contribution in [0.5, 0.6) is 0 Å². The minimum Gasteiger partial charge on any atom is -0.392 e. The van der Waals surface area contributed by atoms with Gasteiger partial charge in [0.15, 0.2) is 0 Å². The molecule has 3 rings (SSSR count). The predicted octanol–water partition coefficient (Wildman–Crippen LogP) is 3.60. The molecule has 0 amide bonds. The highest BCUT2D eigenvalue weighted by molar-refractivity contribution is 7.19. The number of nitrogens with one attached hydrogen (secondary N) is 1. The molecular formula is C16H16FN3OS. The smallest absolute Gasteiger partial charge is 0.138 e. The number of halogens is 1. The van der Waals surface area contributed by atoms with Crippen molar-refractivity contribution in [3.63, 3.8) is 0 Å². The number of hydrogen-bond donors (Lipinski definition) is 2. The zero-order valence-electron chi connectivity index (χ0n) is 12.3. The van der Waals surface area contributed by atoms with Gasteiger partial charge in [-0.3, -0.25) is 0 Å². The minimum atomic E-state index is -0.473. The highest BCUT2D eigenvalue weighted by Crippen LogP contribution is 2.40. The average molecular weight is 317 g/mol. The number of aryl methyl sites for hydroxylation is 1. The number of thiophene rings is 1. The molecule has 2 heterocycles. The molecule has 0 fully saturated rings. The molecule has 0 saturated heterocycles. The van der Waals surface area contributed by atoms with E-state index < -0.39 is 6.10 Å². The Labute approximate surface area is 131 Å². The number of rotatable bonds is 4. The molecule has 0 aliphatic carbocycles.